The van der Waals surface area contributed by atoms with Crippen molar-refractivity contribution in [2.45, 2.75) is 0 Å². The third kappa shape index (κ3) is 1.48. The summed E-state index contributed by atoms with van der Waals surface area (Å²) in [6.07, 6.45) is 0. The molecular formula is C16H11N3O. The Morgan fingerprint density at radius 1 is 0.800 bits per heavy atom. The molecule has 2 heterocycles. The van der Waals surface area contributed by atoms with Gasteiger partial charge >= 0.3 is 5.69 Å². The van der Waals surface area contributed by atoms with Gasteiger partial charge in [0.25, 0.3) is 0 Å². The Morgan fingerprint density at radius 2 is 1.55 bits per heavy atom. The molecular weight excluding hydrogens is 250 g/mol. The average molecular weight is 261 g/mol. The number of pyridine rings is 1. The van der Waals surface area contributed by atoms with Crippen molar-refractivity contribution in [1.29, 1.82) is 0 Å². The van der Waals surface area contributed by atoms with Gasteiger partial charge in [0.15, 0.2) is 5.65 Å². The molecule has 0 aliphatic heterocycles. The lowest BCUT2D eigenvalue weighted by molar-refractivity contribution is 0.842. The molecule has 0 atom stereocenters. The molecule has 0 N–H and O–H groups in total. The molecule has 0 fully saturated rings. The molecule has 4 heteroatoms. The number of hydrogen-bond donors (Lipinski definition) is 0. The van der Waals surface area contributed by atoms with Crippen molar-refractivity contribution in [1.82, 2.24) is 14.2 Å². The van der Waals surface area contributed by atoms with E-state index in [0.717, 1.165) is 16.6 Å². The van der Waals surface area contributed by atoms with Gasteiger partial charge in [-0.25, -0.2) is 9.20 Å². The molecule has 0 radical (unpaired) electrons. The van der Waals surface area contributed by atoms with Gasteiger partial charge in [-0.2, -0.15) is 4.68 Å². The van der Waals surface area contributed by atoms with Gasteiger partial charge in [-0.1, -0.05) is 36.4 Å². The molecule has 0 saturated carbocycles. The predicted octanol–water partition coefficient (Wildman–Crippen LogP) is 2.64. The van der Waals surface area contributed by atoms with E-state index in [2.05, 4.69) is 5.10 Å². The first kappa shape index (κ1) is 11.0. The highest BCUT2D eigenvalue weighted by Crippen LogP contribution is 2.14. The van der Waals surface area contributed by atoms with Crippen LogP contribution in [-0.4, -0.2) is 14.2 Å². The second kappa shape index (κ2) is 4.06. The second-order valence-corrected chi connectivity index (χ2v) is 4.62. The summed E-state index contributed by atoms with van der Waals surface area (Å²) in [6.45, 7) is 0. The minimum Gasteiger partial charge on any atom is -0.245 e. The number of nitrogens with zero attached hydrogens (tertiary/aromatic N) is 3. The van der Waals surface area contributed by atoms with Crippen molar-refractivity contribution in [2.24, 2.45) is 0 Å². The zero-order valence-corrected chi connectivity index (χ0v) is 10.6. The molecule has 0 unspecified atom stereocenters. The maximum absolute atomic E-state index is 12.6. The van der Waals surface area contributed by atoms with Crippen LogP contribution in [0.5, 0.6) is 0 Å². The number of aromatic nitrogens is 3. The van der Waals surface area contributed by atoms with E-state index in [0.29, 0.717) is 5.65 Å². The molecule has 4 aromatic rings. The molecule has 2 aromatic carbocycles. The zero-order chi connectivity index (χ0) is 13.5. The molecule has 0 saturated heterocycles. The fourth-order valence-electron chi connectivity index (χ4n) is 2.45. The van der Waals surface area contributed by atoms with Gasteiger partial charge in [-0.3, -0.25) is 0 Å². The smallest absolute Gasteiger partial charge is 0.245 e. The SMILES string of the molecule is O=c1n(-c2ccccc2)nc2ccc3ccccc3n12. The van der Waals surface area contributed by atoms with Crippen LogP contribution >= 0.6 is 0 Å². The van der Waals surface area contributed by atoms with Crippen LogP contribution in [0.25, 0.3) is 22.2 Å². The van der Waals surface area contributed by atoms with Gasteiger partial charge in [0.05, 0.1) is 11.2 Å². The molecule has 0 aliphatic rings. The third-order valence-corrected chi connectivity index (χ3v) is 3.39. The number of fused-ring (bicyclic) bond motifs is 3. The van der Waals surface area contributed by atoms with Crippen LogP contribution in [0, 0.1) is 0 Å². The van der Waals surface area contributed by atoms with Crippen LogP contribution in [0.1, 0.15) is 0 Å². The Balaban J connectivity index is 2.14. The molecule has 4 nitrogen and oxygen atoms in total. The predicted molar refractivity (Wildman–Crippen MR) is 78.3 cm³/mol. The standard InChI is InChI=1S/C16H11N3O/c20-16-18-14-9-5-4-6-12(14)10-11-15(18)17-19(16)13-7-2-1-3-8-13/h1-11H. The van der Waals surface area contributed by atoms with Crippen molar-refractivity contribution >= 4 is 16.6 Å². The normalized spacial score (nSPS) is 11.2. The first-order valence-corrected chi connectivity index (χ1v) is 6.39. The van der Waals surface area contributed by atoms with Crippen molar-refractivity contribution in [3.63, 3.8) is 0 Å². The van der Waals surface area contributed by atoms with Gasteiger partial charge in [-0.15, -0.1) is 5.10 Å². The van der Waals surface area contributed by atoms with E-state index in [-0.39, 0.29) is 5.69 Å². The van der Waals surface area contributed by atoms with Gasteiger partial charge in [-0.05, 0) is 35.7 Å². The van der Waals surface area contributed by atoms with Crippen molar-refractivity contribution in [2.75, 3.05) is 0 Å². The topological polar surface area (TPSA) is 39.3 Å². The summed E-state index contributed by atoms with van der Waals surface area (Å²) in [5.74, 6) is 0. The van der Waals surface area contributed by atoms with E-state index < -0.39 is 0 Å². The van der Waals surface area contributed by atoms with Gasteiger partial charge in [0, 0.05) is 0 Å². The maximum Gasteiger partial charge on any atom is 0.355 e. The van der Waals surface area contributed by atoms with Crippen LogP contribution in [0.15, 0.2) is 71.5 Å². The van der Waals surface area contributed by atoms with Crippen molar-refractivity contribution < 1.29 is 0 Å². The van der Waals surface area contributed by atoms with Crippen LogP contribution in [0.3, 0.4) is 0 Å². The van der Waals surface area contributed by atoms with Gasteiger partial charge in [0.2, 0.25) is 0 Å². The zero-order valence-electron chi connectivity index (χ0n) is 10.6. The molecule has 2 aromatic heterocycles. The fraction of sp³-hybridized carbons (Fsp3) is 0. The lowest BCUT2D eigenvalue weighted by atomic mass is 10.2. The number of hydrogen-bond acceptors (Lipinski definition) is 2. The Morgan fingerprint density at radius 3 is 2.40 bits per heavy atom. The summed E-state index contributed by atoms with van der Waals surface area (Å²) < 4.78 is 3.07. The average Bonchev–Trinajstić information content (AvgIpc) is 2.86. The Hall–Kier alpha value is -2.88. The largest absolute Gasteiger partial charge is 0.355 e. The maximum atomic E-state index is 12.6. The molecule has 0 amide bonds. The third-order valence-electron chi connectivity index (χ3n) is 3.39. The summed E-state index contributed by atoms with van der Waals surface area (Å²) in [6, 6.07) is 21.1. The van der Waals surface area contributed by atoms with Crippen molar-refractivity contribution in [3.8, 4) is 5.69 Å². The summed E-state index contributed by atoms with van der Waals surface area (Å²) in [5, 5.41) is 5.42. The number of benzene rings is 2. The highest BCUT2D eigenvalue weighted by molar-refractivity contribution is 5.81. The van der Waals surface area contributed by atoms with Gasteiger partial charge in [0.1, 0.15) is 0 Å². The van der Waals surface area contributed by atoms with E-state index in [4.69, 9.17) is 0 Å². The van der Waals surface area contributed by atoms with E-state index in [1.807, 2.05) is 66.7 Å². The van der Waals surface area contributed by atoms with Crippen LogP contribution in [0.2, 0.25) is 0 Å². The van der Waals surface area contributed by atoms with E-state index in [1.165, 1.54) is 4.68 Å². The Bertz CT molecular complexity index is 967. The summed E-state index contributed by atoms with van der Waals surface area (Å²) in [4.78, 5) is 12.6. The monoisotopic (exact) mass is 261 g/mol. The molecule has 0 bridgehead atoms. The summed E-state index contributed by atoms with van der Waals surface area (Å²) in [5.41, 5.74) is 2.14. The first-order chi connectivity index (χ1) is 9.84. The number of para-hydroxylation sites is 2. The first-order valence-electron chi connectivity index (χ1n) is 6.39. The Labute approximate surface area is 114 Å². The van der Waals surface area contributed by atoms with E-state index >= 15 is 0 Å². The van der Waals surface area contributed by atoms with Gasteiger partial charge < -0.3 is 0 Å². The summed E-state index contributed by atoms with van der Waals surface area (Å²) >= 11 is 0. The van der Waals surface area contributed by atoms with E-state index in [1.54, 1.807) is 4.40 Å². The minimum atomic E-state index is -0.150. The van der Waals surface area contributed by atoms with Crippen LogP contribution in [0.4, 0.5) is 0 Å². The second-order valence-electron chi connectivity index (χ2n) is 4.62. The lowest BCUT2D eigenvalue weighted by Gasteiger charge is -1.98. The molecule has 0 aliphatic carbocycles. The van der Waals surface area contributed by atoms with E-state index in [9.17, 15) is 4.79 Å². The quantitative estimate of drug-likeness (QED) is 0.528. The van der Waals surface area contributed by atoms with Crippen LogP contribution < -0.4 is 5.69 Å². The van der Waals surface area contributed by atoms with Crippen LogP contribution in [-0.2, 0) is 0 Å². The highest BCUT2D eigenvalue weighted by Gasteiger charge is 2.10. The molecule has 20 heavy (non-hydrogen) atoms. The molecule has 96 valence electrons. The highest BCUT2D eigenvalue weighted by atomic mass is 16.2. The number of rotatable bonds is 1. The fourth-order valence-corrected chi connectivity index (χ4v) is 2.45. The Kier molecular flexibility index (Phi) is 2.23. The summed E-state index contributed by atoms with van der Waals surface area (Å²) in [7, 11) is 0. The minimum absolute atomic E-state index is 0.150. The molecule has 0 spiro atoms. The lowest BCUT2D eigenvalue weighted by Crippen LogP contribution is -2.19. The van der Waals surface area contributed by atoms with Crippen molar-refractivity contribution in [3.05, 3.63) is 77.2 Å². The molecule has 4 rings (SSSR count).